The Labute approximate surface area is 252 Å². The van der Waals surface area contributed by atoms with E-state index in [-0.39, 0.29) is 43.4 Å². The molecule has 0 aliphatic carbocycles. The summed E-state index contributed by atoms with van der Waals surface area (Å²) in [4.78, 5) is 54.2. The van der Waals surface area contributed by atoms with Gasteiger partial charge in [-0.15, -0.1) is 13.2 Å². The number of ether oxygens (including phenoxy) is 2. The quantitative estimate of drug-likeness (QED) is 0.248. The Kier molecular flexibility index (Phi) is 9.94. The molecular formula is C32H32F2N4O6. The largest absolute Gasteiger partial charge is 0.482 e. The number of hydrogen-bond acceptors (Lipinski definition) is 7. The molecular weight excluding hydrogens is 574 g/mol. The van der Waals surface area contributed by atoms with Crippen LogP contribution in [0.25, 0.3) is 0 Å². The predicted molar refractivity (Wildman–Crippen MR) is 159 cm³/mol. The molecule has 0 fully saturated rings. The fraction of sp³-hybridized carbons (Fsp3) is 0.250. The van der Waals surface area contributed by atoms with Crippen molar-refractivity contribution in [3.05, 3.63) is 124 Å². The first kappa shape index (κ1) is 31.7. The molecule has 2 atom stereocenters. The zero-order valence-electron chi connectivity index (χ0n) is 24.3. The summed E-state index contributed by atoms with van der Waals surface area (Å²) in [5.41, 5.74) is -0.750. The first-order valence-electron chi connectivity index (χ1n) is 13.7. The van der Waals surface area contributed by atoms with E-state index in [1.807, 2.05) is 6.07 Å². The molecule has 0 unspecified atom stereocenters. The van der Waals surface area contributed by atoms with Crippen molar-refractivity contribution in [2.45, 2.75) is 39.1 Å². The minimum atomic E-state index is -0.886. The molecule has 230 valence electrons. The number of carbonyl (C=O) groups excluding carboxylic acids is 3. The van der Waals surface area contributed by atoms with E-state index in [4.69, 9.17) is 9.47 Å². The molecule has 12 heteroatoms. The van der Waals surface area contributed by atoms with Crippen molar-refractivity contribution in [3.63, 3.8) is 0 Å². The molecule has 2 amide bonds. The zero-order chi connectivity index (χ0) is 32.0. The van der Waals surface area contributed by atoms with Crippen LogP contribution in [0.2, 0.25) is 0 Å². The summed E-state index contributed by atoms with van der Waals surface area (Å²) in [6.45, 7) is 9.96. The van der Waals surface area contributed by atoms with Crippen molar-refractivity contribution in [2.75, 3.05) is 18.3 Å². The van der Waals surface area contributed by atoms with Crippen LogP contribution in [-0.4, -0.2) is 52.7 Å². The topological polar surface area (TPSA) is 110 Å². The van der Waals surface area contributed by atoms with E-state index < -0.39 is 52.5 Å². The van der Waals surface area contributed by atoms with Crippen molar-refractivity contribution in [2.24, 2.45) is 0 Å². The molecule has 0 radical (unpaired) electrons. The third kappa shape index (κ3) is 6.86. The lowest BCUT2D eigenvalue weighted by Crippen LogP contribution is -2.60. The fourth-order valence-electron chi connectivity index (χ4n) is 4.55. The Morgan fingerprint density at radius 3 is 2.45 bits per heavy atom. The van der Waals surface area contributed by atoms with Gasteiger partial charge < -0.3 is 19.7 Å². The second-order valence-electron chi connectivity index (χ2n) is 10.0. The number of amides is 2. The average molecular weight is 607 g/mol. The third-order valence-electron chi connectivity index (χ3n) is 7.05. The van der Waals surface area contributed by atoms with Gasteiger partial charge in [-0.2, -0.15) is 0 Å². The molecule has 1 aromatic heterocycles. The van der Waals surface area contributed by atoms with E-state index >= 15 is 0 Å². The van der Waals surface area contributed by atoms with E-state index in [0.29, 0.717) is 11.6 Å². The van der Waals surface area contributed by atoms with Gasteiger partial charge in [-0.3, -0.25) is 28.9 Å². The van der Waals surface area contributed by atoms with Crippen LogP contribution in [-0.2, 0) is 22.7 Å². The molecule has 0 spiro atoms. The van der Waals surface area contributed by atoms with Gasteiger partial charge in [0.05, 0.1) is 6.04 Å². The van der Waals surface area contributed by atoms with Gasteiger partial charge in [-0.1, -0.05) is 48.6 Å². The van der Waals surface area contributed by atoms with Crippen LogP contribution in [0.1, 0.15) is 45.8 Å². The molecule has 1 N–H and O–H groups in total. The van der Waals surface area contributed by atoms with Gasteiger partial charge in [0.1, 0.15) is 37.1 Å². The number of rotatable bonds is 12. The number of carbonyl (C=O) groups is 3. The van der Waals surface area contributed by atoms with Crippen molar-refractivity contribution in [1.82, 2.24) is 14.9 Å². The zero-order valence-corrected chi connectivity index (χ0v) is 24.3. The second-order valence-corrected chi connectivity index (χ2v) is 10.0. The van der Waals surface area contributed by atoms with Crippen LogP contribution in [0.4, 0.5) is 8.78 Å². The number of nitrogens with zero attached hydrogens (tertiary/aromatic N) is 3. The number of esters is 1. The highest BCUT2D eigenvalue weighted by Gasteiger charge is 2.38. The highest BCUT2D eigenvalue weighted by atomic mass is 19.1. The predicted octanol–water partition coefficient (Wildman–Crippen LogP) is 3.68. The number of hydrogen-bond donors (Lipinski definition) is 1. The molecule has 1 aliphatic heterocycles. The monoisotopic (exact) mass is 606 g/mol. The highest BCUT2D eigenvalue weighted by molar-refractivity contribution is 5.99. The van der Waals surface area contributed by atoms with Crippen LogP contribution in [0.3, 0.4) is 0 Å². The van der Waals surface area contributed by atoms with Gasteiger partial charge >= 0.3 is 5.97 Å². The summed E-state index contributed by atoms with van der Waals surface area (Å²) >= 11 is 0. The maximum Gasteiger partial charge on any atom is 0.302 e. The lowest BCUT2D eigenvalue weighted by atomic mass is 10.1. The van der Waals surface area contributed by atoms with Crippen molar-refractivity contribution in [1.29, 1.82) is 0 Å². The first-order chi connectivity index (χ1) is 21.0. The lowest BCUT2D eigenvalue weighted by Gasteiger charge is -2.44. The average Bonchev–Trinajstić information content (AvgIpc) is 3.00. The Morgan fingerprint density at radius 2 is 1.82 bits per heavy atom. The number of benzene rings is 2. The molecule has 44 heavy (non-hydrogen) atoms. The first-order valence-corrected chi connectivity index (χ1v) is 13.7. The summed E-state index contributed by atoms with van der Waals surface area (Å²) in [6.07, 6.45) is 4.24. The minimum absolute atomic E-state index is 0.00248. The molecule has 0 bridgehead atoms. The normalized spacial score (nSPS) is 13.9. The maximum absolute atomic E-state index is 14.2. The summed E-state index contributed by atoms with van der Waals surface area (Å²) < 4.78 is 40.1. The Balaban J connectivity index is 1.84. The molecule has 1 aliphatic rings. The van der Waals surface area contributed by atoms with Gasteiger partial charge in [0.25, 0.3) is 11.8 Å². The van der Waals surface area contributed by atoms with E-state index in [0.717, 1.165) is 6.07 Å². The minimum Gasteiger partial charge on any atom is -0.482 e. The Morgan fingerprint density at radius 1 is 1.09 bits per heavy atom. The fourth-order valence-corrected chi connectivity index (χ4v) is 4.55. The van der Waals surface area contributed by atoms with Crippen molar-refractivity contribution in [3.8, 4) is 5.75 Å². The lowest BCUT2D eigenvalue weighted by molar-refractivity contribution is -0.141. The van der Waals surface area contributed by atoms with Crippen LogP contribution >= 0.6 is 0 Å². The number of nitrogens with one attached hydrogen (secondary N) is 1. The molecule has 10 nitrogen and oxygen atoms in total. The number of pyridine rings is 1. The van der Waals surface area contributed by atoms with Crippen LogP contribution < -0.4 is 20.5 Å². The van der Waals surface area contributed by atoms with Gasteiger partial charge in [-0.25, -0.2) is 8.78 Å². The Hall–Kier alpha value is -5.26. The summed E-state index contributed by atoms with van der Waals surface area (Å²) in [5, 5.41) is 4.08. The summed E-state index contributed by atoms with van der Waals surface area (Å²) in [6, 6.07) is 10.6. The molecule has 0 saturated carbocycles. The van der Waals surface area contributed by atoms with Crippen LogP contribution in [0, 0.1) is 11.6 Å². The van der Waals surface area contributed by atoms with Gasteiger partial charge in [0.2, 0.25) is 5.43 Å². The smallest absolute Gasteiger partial charge is 0.302 e. The number of fused-ring (bicyclic) bond motifs is 1. The van der Waals surface area contributed by atoms with E-state index in [9.17, 15) is 28.0 Å². The van der Waals surface area contributed by atoms with Crippen molar-refractivity contribution >= 4 is 17.8 Å². The third-order valence-corrected chi connectivity index (χ3v) is 7.05. The molecule has 0 saturated heterocycles. The SMILES string of the molecule is C=C[C@H](C)N1CN([C@@H](C=C)COC(C)=O)n2cc(C(=O)NCc3ccc(F)cc3F)c(=O)c(OCc3ccccc3)c2C1=O. The van der Waals surface area contributed by atoms with Crippen LogP contribution in [0.5, 0.6) is 5.75 Å². The van der Waals surface area contributed by atoms with E-state index in [1.54, 1.807) is 42.3 Å². The molecule has 2 aromatic carbocycles. The number of halogens is 2. The van der Waals surface area contributed by atoms with Gasteiger partial charge in [0, 0.05) is 37.3 Å². The maximum atomic E-state index is 14.2. The van der Waals surface area contributed by atoms with Crippen molar-refractivity contribution < 1.29 is 32.6 Å². The molecule has 3 aromatic rings. The summed E-state index contributed by atoms with van der Waals surface area (Å²) in [5.74, 6) is -4.03. The molecule has 2 heterocycles. The van der Waals surface area contributed by atoms with E-state index in [1.165, 1.54) is 34.8 Å². The van der Waals surface area contributed by atoms with Gasteiger partial charge in [-0.05, 0) is 18.6 Å². The standard InChI is InChI=1S/C32H32F2N4O6/c1-5-20(3)36-19-38(25(6-2)18-43-21(4)39)37-16-26(31(41)35-15-23-12-13-24(33)14-27(23)34)29(40)30(28(37)32(36)42)44-17-22-10-8-7-9-11-22/h5-14,16,20,25H,1-2,15,17-19H2,3-4H3,(H,35,41)/t20-,25-/m0/s1. The highest BCUT2D eigenvalue weighted by Crippen LogP contribution is 2.26. The van der Waals surface area contributed by atoms with Crippen LogP contribution in [0.15, 0.2) is 84.8 Å². The van der Waals surface area contributed by atoms with Gasteiger partial charge in [0.15, 0.2) is 11.4 Å². The Bertz CT molecular complexity index is 1640. The van der Waals surface area contributed by atoms with E-state index in [2.05, 4.69) is 18.5 Å². The summed E-state index contributed by atoms with van der Waals surface area (Å²) in [7, 11) is 0. The number of aromatic nitrogens is 1. The molecule has 4 rings (SSSR count). The second kappa shape index (κ2) is 13.8.